The second kappa shape index (κ2) is 10.8. The zero-order chi connectivity index (χ0) is 18.1. The molecule has 1 heterocycles. The Kier molecular flexibility index (Phi) is 8.70. The summed E-state index contributed by atoms with van der Waals surface area (Å²) in [6.07, 6.45) is 16.7. The average molecular weight is 350 g/mol. The molecule has 0 aromatic carbocycles. The standard InChI is InChI=1S/C21H34O4/c1-2-3-6-9-17(22)12-13-19-18(16-14-20(19)25-15-16)10-7-4-5-8-11-21(23)24/h4,7,12-13,16-20,22H,2-3,5-6,8-11,14-15H2,1H3,(H,23,24)/t16-,17+,18+,19-,20-/m1/s1. The van der Waals surface area contributed by atoms with E-state index in [1.54, 1.807) is 0 Å². The van der Waals surface area contributed by atoms with Crippen LogP contribution in [0.4, 0.5) is 0 Å². The lowest BCUT2D eigenvalue weighted by molar-refractivity contribution is -0.137. The largest absolute Gasteiger partial charge is 0.481 e. The Morgan fingerprint density at radius 1 is 1.28 bits per heavy atom. The van der Waals surface area contributed by atoms with Gasteiger partial charge in [0, 0.05) is 12.3 Å². The smallest absolute Gasteiger partial charge is 0.303 e. The lowest BCUT2D eigenvalue weighted by Crippen LogP contribution is -2.27. The Balaban J connectivity index is 1.78. The molecule has 0 aromatic heterocycles. The highest BCUT2D eigenvalue weighted by atomic mass is 16.5. The molecule has 2 rings (SSSR count). The van der Waals surface area contributed by atoms with Gasteiger partial charge in [-0.1, -0.05) is 50.5 Å². The molecule has 1 saturated carbocycles. The van der Waals surface area contributed by atoms with Gasteiger partial charge in [-0.2, -0.15) is 0 Å². The second-order valence-corrected chi connectivity index (χ2v) is 7.55. The normalized spacial score (nSPS) is 29.8. The number of carboxylic acids is 1. The van der Waals surface area contributed by atoms with Gasteiger partial charge in [0.05, 0.1) is 18.8 Å². The van der Waals surface area contributed by atoms with Crippen molar-refractivity contribution in [3.05, 3.63) is 24.3 Å². The highest BCUT2D eigenvalue weighted by Gasteiger charge is 2.46. The van der Waals surface area contributed by atoms with Gasteiger partial charge in [0.25, 0.3) is 0 Å². The van der Waals surface area contributed by atoms with Crippen LogP contribution in [0.25, 0.3) is 0 Å². The van der Waals surface area contributed by atoms with Crippen molar-refractivity contribution in [2.45, 2.75) is 76.9 Å². The van der Waals surface area contributed by atoms with E-state index in [4.69, 9.17) is 9.84 Å². The Hall–Kier alpha value is -1.13. The van der Waals surface area contributed by atoms with Crippen LogP contribution in [0.2, 0.25) is 0 Å². The molecular weight excluding hydrogens is 316 g/mol. The van der Waals surface area contributed by atoms with Crippen LogP contribution < -0.4 is 0 Å². The number of unbranched alkanes of at least 4 members (excludes halogenated alkanes) is 3. The highest BCUT2D eigenvalue weighted by molar-refractivity contribution is 5.66. The Morgan fingerprint density at radius 3 is 2.88 bits per heavy atom. The zero-order valence-corrected chi connectivity index (χ0v) is 15.5. The zero-order valence-electron chi connectivity index (χ0n) is 15.5. The van der Waals surface area contributed by atoms with Gasteiger partial charge >= 0.3 is 5.97 Å². The SMILES string of the molecule is CCCCC[C@H](O)C=C[C@@H]1[C@@H](CC=CCCCC(=O)O)[C@H]2CO[C@@H]1C2. The van der Waals surface area contributed by atoms with E-state index < -0.39 is 5.97 Å². The summed E-state index contributed by atoms with van der Waals surface area (Å²) in [5, 5.41) is 18.8. The minimum atomic E-state index is -0.721. The molecule has 4 heteroatoms. The first-order valence-corrected chi connectivity index (χ1v) is 9.96. The maximum Gasteiger partial charge on any atom is 0.303 e. The van der Waals surface area contributed by atoms with Gasteiger partial charge in [0.15, 0.2) is 0 Å². The maximum absolute atomic E-state index is 10.5. The van der Waals surface area contributed by atoms with Crippen molar-refractivity contribution >= 4 is 5.97 Å². The molecule has 0 aromatic rings. The van der Waals surface area contributed by atoms with Crippen molar-refractivity contribution in [2.24, 2.45) is 17.8 Å². The summed E-state index contributed by atoms with van der Waals surface area (Å²) < 4.78 is 5.87. The third-order valence-corrected chi connectivity index (χ3v) is 5.58. The quantitative estimate of drug-likeness (QED) is 0.406. The summed E-state index contributed by atoms with van der Waals surface area (Å²) >= 11 is 0. The van der Waals surface area contributed by atoms with Gasteiger partial charge in [0.1, 0.15) is 0 Å². The first-order valence-electron chi connectivity index (χ1n) is 9.96. The molecule has 1 aliphatic carbocycles. The topological polar surface area (TPSA) is 66.8 Å². The van der Waals surface area contributed by atoms with E-state index in [0.29, 0.717) is 30.3 Å². The number of carbonyl (C=O) groups is 1. The lowest BCUT2D eigenvalue weighted by Gasteiger charge is -2.28. The van der Waals surface area contributed by atoms with E-state index in [-0.39, 0.29) is 12.5 Å². The van der Waals surface area contributed by atoms with Gasteiger partial charge in [0.2, 0.25) is 0 Å². The van der Waals surface area contributed by atoms with Crippen LogP contribution in [0.1, 0.15) is 64.7 Å². The van der Waals surface area contributed by atoms with Crippen molar-refractivity contribution in [1.82, 2.24) is 0 Å². The number of hydrogen-bond acceptors (Lipinski definition) is 3. The van der Waals surface area contributed by atoms with E-state index >= 15 is 0 Å². The van der Waals surface area contributed by atoms with Crippen molar-refractivity contribution in [3.63, 3.8) is 0 Å². The monoisotopic (exact) mass is 350 g/mol. The highest BCUT2D eigenvalue weighted by Crippen LogP contribution is 2.47. The molecule has 25 heavy (non-hydrogen) atoms. The molecule has 2 N–H and O–H groups in total. The number of aliphatic hydroxyl groups is 1. The number of aliphatic carboxylic acids is 1. The molecular formula is C21H34O4. The Labute approximate surface area is 152 Å². The first-order chi connectivity index (χ1) is 12.1. The maximum atomic E-state index is 10.5. The van der Waals surface area contributed by atoms with Crippen molar-refractivity contribution in [3.8, 4) is 0 Å². The Bertz CT molecular complexity index is 457. The molecule has 4 nitrogen and oxygen atoms in total. The van der Waals surface area contributed by atoms with Gasteiger partial charge in [-0.15, -0.1) is 0 Å². The van der Waals surface area contributed by atoms with E-state index in [0.717, 1.165) is 38.7 Å². The number of hydrogen-bond donors (Lipinski definition) is 2. The summed E-state index contributed by atoms with van der Waals surface area (Å²) in [6.45, 7) is 3.04. The van der Waals surface area contributed by atoms with E-state index in [9.17, 15) is 9.90 Å². The molecule has 0 radical (unpaired) electrons. The molecule has 2 bridgehead atoms. The molecule has 2 aliphatic rings. The number of ether oxygens (including phenoxy) is 1. The summed E-state index contributed by atoms with van der Waals surface area (Å²) in [7, 11) is 0. The van der Waals surface area contributed by atoms with Crippen LogP contribution in [0.15, 0.2) is 24.3 Å². The van der Waals surface area contributed by atoms with Gasteiger partial charge in [-0.25, -0.2) is 0 Å². The van der Waals surface area contributed by atoms with Crippen LogP contribution in [0.3, 0.4) is 0 Å². The van der Waals surface area contributed by atoms with Gasteiger partial charge in [-0.3, -0.25) is 4.79 Å². The van der Waals surface area contributed by atoms with Gasteiger partial charge in [-0.05, 0) is 43.9 Å². The van der Waals surface area contributed by atoms with Crippen LogP contribution >= 0.6 is 0 Å². The number of rotatable bonds is 12. The first kappa shape index (κ1) is 20.2. The van der Waals surface area contributed by atoms with E-state index in [1.165, 1.54) is 12.8 Å². The number of fused-ring (bicyclic) bond motifs is 2. The van der Waals surface area contributed by atoms with Crippen LogP contribution in [-0.2, 0) is 9.53 Å². The van der Waals surface area contributed by atoms with E-state index in [2.05, 4.69) is 25.2 Å². The fraction of sp³-hybridized carbons (Fsp3) is 0.762. The predicted octanol–water partition coefficient (Wildman–Crippen LogP) is 4.34. The molecule has 2 fully saturated rings. The molecule has 0 amide bonds. The average Bonchev–Trinajstić information content (AvgIpc) is 3.17. The number of allylic oxidation sites excluding steroid dienone is 2. The fourth-order valence-corrected chi connectivity index (χ4v) is 4.15. The van der Waals surface area contributed by atoms with Crippen LogP contribution in [-0.4, -0.2) is 35.0 Å². The van der Waals surface area contributed by atoms with Gasteiger partial charge < -0.3 is 14.9 Å². The molecule has 0 unspecified atom stereocenters. The summed E-state index contributed by atoms with van der Waals surface area (Å²) in [5.74, 6) is 0.902. The fourth-order valence-electron chi connectivity index (χ4n) is 4.15. The third-order valence-electron chi connectivity index (χ3n) is 5.58. The molecule has 1 aliphatic heterocycles. The minimum Gasteiger partial charge on any atom is -0.481 e. The molecule has 0 spiro atoms. The summed E-state index contributed by atoms with van der Waals surface area (Å²) in [4.78, 5) is 10.5. The van der Waals surface area contributed by atoms with Crippen molar-refractivity contribution in [2.75, 3.05) is 6.61 Å². The van der Waals surface area contributed by atoms with Crippen molar-refractivity contribution < 1.29 is 19.7 Å². The lowest BCUT2D eigenvalue weighted by atomic mass is 9.84. The number of carboxylic acid groups (broad SMARTS) is 1. The summed E-state index contributed by atoms with van der Waals surface area (Å²) in [6, 6.07) is 0. The minimum absolute atomic E-state index is 0.244. The van der Waals surface area contributed by atoms with Crippen LogP contribution in [0, 0.1) is 17.8 Å². The Morgan fingerprint density at radius 2 is 2.12 bits per heavy atom. The number of aliphatic hydroxyl groups excluding tert-OH is 1. The van der Waals surface area contributed by atoms with Crippen LogP contribution in [0.5, 0.6) is 0 Å². The van der Waals surface area contributed by atoms with E-state index in [1.807, 2.05) is 6.08 Å². The molecule has 142 valence electrons. The third kappa shape index (κ3) is 6.59. The second-order valence-electron chi connectivity index (χ2n) is 7.55. The predicted molar refractivity (Wildman–Crippen MR) is 99.4 cm³/mol. The molecule has 1 saturated heterocycles. The molecule has 5 atom stereocenters. The van der Waals surface area contributed by atoms with Crippen molar-refractivity contribution in [1.29, 1.82) is 0 Å². The summed E-state index contributed by atoms with van der Waals surface area (Å²) in [5.41, 5.74) is 0.